The molecule has 142 valence electrons. The molecule has 1 aromatic heterocycles. The zero-order valence-electron chi connectivity index (χ0n) is 15.1. The van der Waals surface area contributed by atoms with E-state index in [4.69, 9.17) is 14.5 Å². The van der Waals surface area contributed by atoms with Gasteiger partial charge in [-0.1, -0.05) is 0 Å². The van der Waals surface area contributed by atoms with Crippen LogP contribution in [-0.4, -0.2) is 69.6 Å². The summed E-state index contributed by atoms with van der Waals surface area (Å²) in [5.74, 6) is 1.68. The number of piperazine rings is 1. The van der Waals surface area contributed by atoms with E-state index in [1.165, 1.54) is 0 Å². The molecule has 1 fully saturated rings. The van der Waals surface area contributed by atoms with Gasteiger partial charge in [0.1, 0.15) is 17.9 Å². The summed E-state index contributed by atoms with van der Waals surface area (Å²) >= 11 is 0. The Hall–Kier alpha value is -1.73. The van der Waals surface area contributed by atoms with Gasteiger partial charge in [0.05, 0.1) is 17.8 Å². The van der Waals surface area contributed by atoms with E-state index in [9.17, 15) is 4.57 Å². The minimum absolute atomic E-state index is 0.0952. The van der Waals surface area contributed by atoms with Crippen molar-refractivity contribution in [2.45, 2.75) is 20.0 Å². The van der Waals surface area contributed by atoms with Crippen molar-refractivity contribution in [3.63, 3.8) is 0 Å². The highest BCUT2D eigenvalue weighted by Gasteiger charge is 2.22. The molecule has 0 spiro atoms. The first-order valence-electron chi connectivity index (χ1n) is 8.75. The van der Waals surface area contributed by atoms with Crippen LogP contribution >= 0.6 is 7.60 Å². The van der Waals surface area contributed by atoms with Gasteiger partial charge in [-0.15, -0.1) is 0 Å². The van der Waals surface area contributed by atoms with Crippen LogP contribution in [0.4, 0.5) is 5.82 Å². The largest absolute Gasteiger partial charge is 0.491 e. The van der Waals surface area contributed by atoms with Crippen molar-refractivity contribution in [1.29, 1.82) is 0 Å². The Morgan fingerprint density at radius 1 is 1.19 bits per heavy atom. The number of ether oxygens (including phenoxy) is 1. The second kappa shape index (κ2) is 7.88. The molecule has 2 aromatic rings. The van der Waals surface area contributed by atoms with Crippen LogP contribution in [-0.2, 0) is 4.57 Å². The summed E-state index contributed by atoms with van der Waals surface area (Å²) in [6, 6.07) is 5.85. The molecule has 8 nitrogen and oxygen atoms in total. The Labute approximate surface area is 153 Å². The predicted molar refractivity (Wildman–Crippen MR) is 101 cm³/mol. The lowest BCUT2D eigenvalue weighted by atomic mass is 10.2. The average molecular weight is 380 g/mol. The van der Waals surface area contributed by atoms with Crippen LogP contribution in [0.15, 0.2) is 24.5 Å². The van der Waals surface area contributed by atoms with Gasteiger partial charge in [-0.2, -0.15) is 0 Å². The number of fused-ring (bicyclic) bond motifs is 1. The van der Waals surface area contributed by atoms with Crippen molar-refractivity contribution < 1.29 is 19.1 Å². The maximum Gasteiger partial charge on any atom is 0.326 e. The molecule has 0 atom stereocenters. The fourth-order valence-corrected chi connectivity index (χ4v) is 3.62. The lowest BCUT2D eigenvalue weighted by Crippen LogP contribution is -2.47. The van der Waals surface area contributed by atoms with Gasteiger partial charge in [0, 0.05) is 44.2 Å². The van der Waals surface area contributed by atoms with Crippen LogP contribution in [0.5, 0.6) is 5.75 Å². The van der Waals surface area contributed by atoms with Gasteiger partial charge in [-0.3, -0.25) is 9.46 Å². The summed E-state index contributed by atoms with van der Waals surface area (Å²) in [6.45, 7) is 7.41. The molecule has 9 heteroatoms. The molecular weight excluding hydrogens is 355 g/mol. The maximum absolute atomic E-state index is 11.0. The number of nitrogens with zero attached hydrogens (tertiary/aromatic N) is 4. The van der Waals surface area contributed by atoms with E-state index in [0.29, 0.717) is 6.54 Å². The third-order valence-electron chi connectivity index (χ3n) is 4.34. The summed E-state index contributed by atoms with van der Waals surface area (Å²) in [5, 5.41) is 0.979. The second-order valence-corrected chi connectivity index (χ2v) is 8.54. The molecule has 1 saturated heterocycles. The monoisotopic (exact) mass is 380 g/mol. The number of rotatable bonds is 6. The highest BCUT2D eigenvalue weighted by atomic mass is 31.2. The van der Waals surface area contributed by atoms with Crippen LogP contribution in [0, 0.1) is 0 Å². The first kappa shape index (κ1) is 19.0. The Morgan fingerprint density at radius 3 is 2.58 bits per heavy atom. The standard InChI is InChI=1S/C17H25N4O4P/c1-13(2)25-14-3-4-15-16(11-14)18-12-19-17(15)21-7-5-20(6-8-21)9-10-26(22,23)24/h3-4,11-13H,5-10H2,1-2H3,(H2,22,23,24). The quantitative estimate of drug-likeness (QED) is 0.731. The molecule has 2 N–H and O–H groups in total. The molecule has 0 bridgehead atoms. The fraction of sp³-hybridized carbons (Fsp3) is 0.529. The third kappa shape index (κ3) is 4.92. The zero-order valence-corrected chi connectivity index (χ0v) is 16.0. The van der Waals surface area contributed by atoms with Crippen LogP contribution in [0.1, 0.15) is 13.8 Å². The molecule has 1 aliphatic heterocycles. The average Bonchev–Trinajstić information content (AvgIpc) is 2.58. The first-order valence-corrected chi connectivity index (χ1v) is 10.5. The maximum atomic E-state index is 11.0. The topological polar surface area (TPSA) is 99.0 Å². The predicted octanol–water partition coefficient (Wildman–Crippen LogP) is 1.72. The minimum Gasteiger partial charge on any atom is -0.491 e. The molecule has 0 radical (unpaired) electrons. The van der Waals surface area contributed by atoms with Crippen molar-refractivity contribution in [1.82, 2.24) is 14.9 Å². The number of aromatic nitrogens is 2. The van der Waals surface area contributed by atoms with Gasteiger partial charge in [-0.25, -0.2) is 9.97 Å². The van der Waals surface area contributed by atoms with E-state index in [1.54, 1.807) is 6.33 Å². The van der Waals surface area contributed by atoms with Crippen molar-refractivity contribution in [3.05, 3.63) is 24.5 Å². The van der Waals surface area contributed by atoms with Crippen molar-refractivity contribution in [2.24, 2.45) is 0 Å². The Balaban J connectivity index is 1.70. The Bertz CT molecular complexity index is 802. The van der Waals surface area contributed by atoms with E-state index < -0.39 is 7.60 Å². The van der Waals surface area contributed by atoms with E-state index >= 15 is 0 Å². The van der Waals surface area contributed by atoms with Gasteiger partial charge < -0.3 is 19.4 Å². The number of anilines is 1. The van der Waals surface area contributed by atoms with Crippen molar-refractivity contribution in [3.8, 4) is 5.75 Å². The molecule has 26 heavy (non-hydrogen) atoms. The summed E-state index contributed by atoms with van der Waals surface area (Å²) < 4.78 is 16.8. The molecule has 3 rings (SSSR count). The zero-order chi connectivity index (χ0) is 18.7. The van der Waals surface area contributed by atoms with Crippen LogP contribution in [0.25, 0.3) is 10.9 Å². The lowest BCUT2D eigenvalue weighted by molar-refractivity contribution is 0.242. The lowest BCUT2D eigenvalue weighted by Gasteiger charge is -2.35. The first-order chi connectivity index (χ1) is 12.3. The Kier molecular flexibility index (Phi) is 5.77. The number of hydrogen-bond acceptors (Lipinski definition) is 6. The van der Waals surface area contributed by atoms with E-state index in [1.807, 2.05) is 32.0 Å². The van der Waals surface area contributed by atoms with E-state index in [2.05, 4.69) is 19.8 Å². The highest BCUT2D eigenvalue weighted by molar-refractivity contribution is 7.51. The summed E-state index contributed by atoms with van der Waals surface area (Å²) in [7, 11) is -3.94. The normalized spacial score (nSPS) is 16.4. The fourth-order valence-electron chi connectivity index (χ4n) is 3.08. The molecule has 0 aliphatic carbocycles. The number of benzene rings is 1. The SMILES string of the molecule is CC(C)Oc1ccc2c(N3CCN(CCP(=O)(O)O)CC3)ncnc2c1. The second-order valence-electron chi connectivity index (χ2n) is 6.76. The minimum atomic E-state index is -3.94. The van der Waals surface area contributed by atoms with Gasteiger partial charge in [-0.05, 0) is 26.0 Å². The van der Waals surface area contributed by atoms with Gasteiger partial charge >= 0.3 is 7.60 Å². The van der Waals surface area contributed by atoms with Gasteiger partial charge in [0.25, 0.3) is 0 Å². The van der Waals surface area contributed by atoms with E-state index in [0.717, 1.165) is 48.6 Å². The van der Waals surface area contributed by atoms with Crippen LogP contribution in [0.2, 0.25) is 0 Å². The molecular formula is C17H25N4O4P. The molecule has 1 aliphatic rings. The smallest absolute Gasteiger partial charge is 0.326 e. The van der Waals surface area contributed by atoms with Crippen molar-refractivity contribution >= 4 is 24.3 Å². The molecule has 1 aromatic carbocycles. The highest BCUT2D eigenvalue weighted by Crippen LogP contribution is 2.34. The molecule has 0 unspecified atom stereocenters. The summed E-state index contributed by atoms with van der Waals surface area (Å²) in [4.78, 5) is 31.1. The molecule has 2 heterocycles. The Morgan fingerprint density at radius 2 is 1.92 bits per heavy atom. The summed E-state index contributed by atoms with van der Waals surface area (Å²) in [6.07, 6.45) is 1.58. The number of hydrogen-bond donors (Lipinski definition) is 2. The van der Waals surface area contributed by atoms with Crippen LogP contribution < -0.4 is 9.64 Å². The summed E-state index contributed by atoms with van der Waals surface area (Å²) in [5.41, 5.74) is 0.845. The third-order valence-corrected chi connectivity index (χ3v) is 5.12. The van der Waals surface area contributed by atoms with Crippen LogP contribution in [0.3, 0.4) is 0 Å². The van der Waals surface area contributed by atoms with E-state index in [-0.39, 0.29) is 12.3 Å². The molecule has 0 amide bonds. The molecule has 0 saturated carbocycles. The van der Waals surface area contributed by atoms with Gasteiger partial charge in [0.15, 0.2) is 0 Å². The van der Waals surface area contributed by atoms with Gasteiger partial charge in [0.2, 0.25) is 0 Å². The van der Waals surface area contributed by atoms with Crippen molar-refractivity contribution in [2.75, 3.05) is 43.8 Å².